The predicted molar refractivity (Wildman–Crippen MR) is 130 cm³/mol. The van der Waals surface area contributed by atoms with Gasteiger partial charge in [-0.05, 0) is 54.6 Å². The van der Waals surface area contributed by atoms with Crippen LogP contribution in [0, 0.1) is 0 Å². The van der Waals surface area contributed by atoms with Gasteiger partial charge in [-0.25, -0.2) is 10.4 Å². The Hall–Kier alpha value is -3.39. The van der Waals surface area contributed by atoms with Crippen LogP contribution < -0.4 is 10.7 Å². The standard InChI is InChI=1S/C23H16Cl2N4O2S/c24-17-5-8-19(9-6-17)27-23-28-20(13-32-23)14-1-3-15(4-2-14)22(31)29-26-12-16-11-18(25)7-10-21(16)30/h1-13,30H,(H,27,28)(H,29,31)/b26-12-. The number of hydrogen-bond acceptors (Lipinski definition) is 6. The second-order valence-electron chi connectivity index (χ2n) is 6.65. The van der Waals surface area contributed by atoms with Gasteiger partial charge >= 0.3 is 0 Å². The van der Waals surface area contributed by atoms with Crippen molar-refractivity contribution in [3.8, 4) is 17.0 Å². The predicted octanol–water partition coefficient (Wildman–Crippen LogP) is 6.33. The van der Waals surface area contributed by atoms with Crippen LogP contribution >= 0.6 is 34.5 Å². The Kier molecular flexibility index (Phi) is 6.70. The second-order valence-corrected chi connectivity index (χ2v) is 8.38. The zero-order valence-corrected chi connectivity index (χ0v) is 18.7. The number of halogens is 2. The first-order valence-corrected chi connectivity index (χ1v) is 11.0. The fourth-order valence-electron chi connectivity index (χ4n) is 2.77. The first-order chi connectivity index (χ1) is 15.5. The van der Waals surface area contributed by atoms with Crippen LogP contribution in [0.15, 0.2) is 77.2 Å². The first-order valence-electron chi connectivity index (χ1n) is 9.38. The maximum atomic E-state index is 12.3. The molecule has 0 aliphatic heterocycles. The third-order valence-corrected chi connectivity index (χ3v) is 5.65. The molecule has 4 aromatic rings. The highest BCUT2D eigenvalue weighted by Gasteiger charge is 2.08. The van der Waals surface area contributed by atoms with Gasteiger partial charge in [0.1, 0.15) is 5.75 Å². The Labute approximate surface area is 198 Å². The molecule has 0 aliphatic rings. The highest BCUT2D eigenvalue weighted by atomic mass is 35.5. The van der Waals surface area contributed by atoms with Crippen LogP contribution in [0.5, 0.6) is 5.75 Å². The summed E-state index contributed by atoms with van der Waals surface area (Å²) in [7, 11) is 0. The van der Waals surface area contributed by atoms with Crippen molar-refractivity contribution in [3.63, 3.8) is 0 Å². The van der Waals surface area contributed by atoms with Crippen LogP contribution in [-0.4, -0.2) is 22.2 Å². The first kappa shape index (κ1) is 21.8. The van der Waals surface area contributed by atoms with Gasteiger partial charge in [0, 0.05) is 37.8 Å². The van der Waals surface area contributed by atoms with Gasteiger partial charge in [0.2, 0.25) is 0 Å². The lowest BCUT2D eigenvalue weighted by atomic mass is 10.1. The third-order valence-electron chi connectivity index (χ3n) is 4.40. The molecule has 0 unspecified atom stereocenters. The lowest BCUT2D eigenvalue weighted by Crippen LogP contribution is -2.17. The number of amides is 1. The molecular formula is C23H16Cl2N4O2S. The summed E-state index contributed by atoms with van der Waals surface area (Å²) in [5, 5.41) is 20.7. The van der Waals surface area contributed by atoms with Gasteiger partial charge in [0.15, 0.2) is 5.13 Å². The minimum Gasteiger partial charge on any atom is -0.507 e. The summed E-state index contributed by atoms with van der Waals surface area (Å²) < 4.78 is 0. The lowest BCUT2D eigenvalue weighted by Gasteiger charge is -2.03. The van der Waals surface area contributed by atoms with E-state index in [1.54, 1.807) is 24.3 Å². The SMILES string of the molecule is O=C(N/N=C\c1cc(Cl)ccc1O)c1ccc(-c2csc(Nc3ccc(Cl)cc3)n2)cc1. The second kappa shape index (κ2) is 9.82. The largest absolute Gasteiger partial charge is 0.507 e. The molecule has 0 radical (unpaired) electrons. The third kappa shape index (κ3) is 5.45. The number of phenols is 1. The number of benzene rings is 3. The van der Waals surface area contributed by atoms with Gasteiger partial charge in [0.05, 0.1) is 11.9 Å². The molecule has 0 saturated heterocycles. The van der Waals surface area contributed by atoms with Crippen molar-refractivity contribution >= 4 is 57.5 Å². The minimum atomic E-state index is -0.377. The number of aromatic hydroxyl groups is 1. The number of carbonyl (C=O) groups is 1. The van der Waals surface area contributed by atoms with Crippen molar-refractivity contribution in [1.29, 1.82) is 0 Å². The molecule has 0 atom stereocenters. The van der Waals surface area contributed by atoms with Crippen molar-refractivity contribution in [1.82, 2.24) is 10.4 Å². The molecule has 9 heteroatoms. The van der Waals surface area contributed by atoms with Crippen LogP contribution in [0.4, 0.5) is 10.8 Å². The molecule has 3 aromatic carbocycles. The lowest BCUT2D eigenvalue weighted by molar-refractivity contribution is 0.0955. The van der Waals surface area contributed by atoms with Crippen molar-refractivity contribution in [2.75, 3.05) is 5.32 Å². The molecular weight excluding hydrogens is 467 g/mol. The van der Waals surface area contributed by atoms with Gasteiger partial charge in [-0.2, -0.15) is 5.10 Å². The summed E-state index contributed by atoms with van der Waals surface area (Å²) >= 11 is 13.3. The van der Waals surface area contributed by atoms with E-state index in [0.717, 1.165) is 22.1 Å². The number of hydrogen-bond donors (Lipinski definition) is 3. The fourth-order valence-corrected chi connectivity index (χ4v) is 3.81. The number of carbonyl (C=O) groups excluding carboxylic acids is 1. The molecule has 0 fully saturated rings. The van der Waals surface area contributed by atoms with E-state index in [1.807, 2.05) is 41.8 Å². The summed E-state index contributed by atoms with van der Waals surface area (Å²) in [5.41, 5.74) is 5.86. The normalized spacial score (nSPS) is 10.9. The summed E-state index contributed by atoms with van der Waals surface area (Å²) in [6.45, 7) is 0. The van der Waals surface area contributed by atoms with Crippen molar-refractivity contribution in [2.45, 2.75) is 0 Å². The number of hydrazone groups is 1. The van der Waals surface area contributed by atoms with Gasteiger partial charge in [0.25, 0.3) is 5.91 Å². The Balaban J connectivity index is 1.39. The number of aromatic nitrogens is 1. The maximum Gasteiger partial charge on any atom is 0.271 e. The fraction of sp³-hybridized carbons (Fsp3) is 0. The Morgan fingerprint density at radius 2 is 1.72 bits per heavy atom. The Morgan fingerprint density at radius 1 is 1.00 bits per heavy atom. The molecule has 1 heterocycles. The molecule has 32 heavy (non-hydrogen) atoms. The van der Waals surface area contributed by atoms with Crippen LogP contribution in [0.1, 0.15) is 15.9 Å². The molecule has 3 N–H and O–H groups in total. The average molecular weight is 483 g/mol. The van der Waals surface area contributed by atoms with Crippen molar-refractivity contribution < 1.29 is 9.90 Å². The number of anilines is 2. The van der Waals surface area contributed by atoms with Crippen molar-refractivity contribution in [2.24, 2.45) is 5.10 Å². The van der Waals surface area contributed by atoms with E-state index >= 15 is 0 Å². The number of thiazole rings is 1. The van der Waals surface area contributed by atoms with E-state index in [1.165, 1.54) is 23.6 Å². The van der Waals surface area contributed by atoms with Gasteiger partial charge in [-0.15, -0.1) is 11.3 Å². The molecule has 160 valence electrons. The van der Waals surface area contributed by atoms with E-state index in [-0.39, 0.29) is 11.7 Å². The molecule has 0 saturated carbocycles. The summed E-state index contributed by atoms with van der Waals surface area (Å²) in [6.07, 6.45) is 1.33. The summed E-state index contributed by atoms with van der Waals surface area (Å²) in [5.74, 6) is -0.359. The highest BCUT2D eigenvalue weighted by Crippen LogP contribution is 2.28. The van der Waals surface area contributed by atoms with Gasteiger partial charge in [-0.1, -0.05) is 35.3 Å². The number of rotatable bonds is 6. The molecule has 4 rings (SSSR count). The zero-order valence-electron chi connectivity index (χ0n) is 16.4. The molecule has 1 amide bonds. The van der Waals surface area contributed by atoms with Crippen molar-refractivity contribution in [3.05, 3.63) is 93.3 Å². The Morgan fingerprint density at radius 3 is 2.47 bits per heavy atom. The van der Waals surface area contributed by atoms with E-state index in [0.29, 0.717) is 21.2 Å². The van der Waals surface area contributed by atoms with Crippen LogP contribution in [0.2, 0.25) is 10.0 Å². The van der Waals surface area contributed by atoms with E-state index in [2.05, 4.69) is 20.8 Å². The summed E-state index contributed by atoms with van der Waals surface area (Å²) in [6, 6.07) is 19.0. The number of nitrogens with one attached hydrogen (secondary N) is 2. The minimum absolute atomic E-state index is 0.0185. The topological polar surface area (TPSA) is 86.6 Å². The average Bonchev–Trinajstić information content (AvgIpc) is 3.26. The monoisotopic (exact) mass is 482 g/mol. The van der Waals surface area contributed by atoms with Crippen LogP contribution in [-0.2, 0) is 0 Å². The van der Waals surface area contributed by atoms with E-state index in [9.17, 15) is 9.90 Å². The van der Waals surface area contributed by atoms with Crippen LogP contribution in [0.25, 0.3) is 11.3 Å². The molecule has 1 aromatic heterocycles. The molecule has 0 spiro atoms. The molecule has 0 aliphatic carbocycles. The molecule has 0 bridgehead atoms. The van der Waals surface area contributed by atoms with Gasteiger partial charge < -0.3 is 10.4 Å². The number of nitrogens with zero attached hydrogens (tertiary/aromatic N) is 2. The Bertz CT molecular complexity index is 1270. The highest BCUT2D eigenvalue weighted by molar-refractivity contribution is 7.14. The van der Waals surface area contributed by atoms with E-state index in [4.69, 9.17) is 23.2 Å². The maximum absolute atomic E-state index is 12.3. The zero-order chi connectivity index (χ0) is 22.5. The van der Waals surface area contributed by atoms with Crippen LogP contribution in [0.3, 0.4) is 0 Å². The quantitative estimate of drug-likeness (QED) is 0.221. The van der Waals surface area contributed by atoms with Gasteiger partial charge in [-0.3, -0.25) is 4.79 Å². The smallest absolute Gasteiger partial charge is 0.271 e. The van der Waals surface area contributed by atoms with E-state index < -0.39 is 0 Å². The molecule has 6 nitrogen and oxygen atoms in total. The summed E-state index contributed by atoms with van der Waals surface area (Å²) in [4.78, 5) is 16.9. The number of phenolic OH excluding ortho intramolecular Hbond substituents is 1.